The van der Waals surface area contributed by atoms with E-state index in [0.717, 1.165) is 21.9 Å². The molecule has 2 N–H and O–H groups in total. The molecule has 5 nitrogen and oxygen atoms in total. The number of aryl methyl sites for hydroxylation is 1. The van der Waals surface area contributed by atoms with Gasteiger partial charge in [-0.1, -0.05) is 22.0 Å². The lowest BCUT2D eigenvalue weighted by Crippen LogP contribution is -2.57. The number of carbonyl (C=O) groups is 1. The van der Waals surface area contributed by atoms with Crippen LogP contribution in [0.3, 0.4) is 0 Å². The van der Waals surface area contributed by atoms with Gasteiger partial charge in [-0.05, 0) is 56.1 Å². The number of sulfone groups is 1. The number of carbonyl (C=O) groups excluding carboxylic acids is 1. The number of benzene rings is 1. The number of amides is 1. The van der Waals surface area contributed by atoms with Gasteiger partial charge in [-0.3, -0.25) is 4.79 Å². The van der Waals surface area contributed by atoms with Crippen molar-refractivity contribution in [2.45, 2.75) is 31.1 Å². The van der Waals surface area contributed by atoms with Crippen molar-refractivity contribution >= 4 is 31.7 Å². The maximum atomic E-state index is 12.6. The maximum Gasteiger partial charge on any atom is 0.241 e. The van der Waals surface area contributed by atoms with Crippen molar-refractivity contribution in [3.8, 4) is 0 Å². The van der Waals surface area contributed by atoms with Crippen molar-refractivity contribution < 1.29 is 13.2 Å². The fourth-order valence-electron chi connectivity index (χ4n) is 2.79. The molecule has 0 unspecified atom stereocenters. The first-order valence-corrected chi connectivity index (χ1v) is 9.88. The number of hydrogen-bond acceptors (Lipinski definition) is 4. The van der Waals surface area contributed by atoms with E-state index in [1.165, 1.54) is 0 Å². The van der Waals surface area contributed by atoms with Gasteiger partial charge in [0, 0.05) is 17.3 Å². The molecular formula is C15H21BrN2O3S. The standard InChI is InChI=1S/C15H21BrN2O3S/c1-11-9-13(16)4-3-12(11)10-18-14(19)15(22(2,20)21)5-7-17-8-6-15/h3-4,9,17H,5-8,10H2,1-2H3,(H,18,19). The topological polar surface area (TPSA) is 75.3 Å². The van der Waals surface area contributed by atoms with Gasteiger partial charge in [0.15, 0.2) is 14.6 Å². The smallest absolute Gasteiger partial charge is 0.241 e. The summed E-state index contributed by atoms with van der Waals surface area (Å²) in [6.07, 6.45) is 1.79. The summed E-state index contributed by atoms with van der Waals surface area (Å²) < 4.78 is 24.0. The van der Waals surface area contributed by atoms with Gasteiger partial charge in [0.2, 0.25) is 5.91 Å². The molecule has 22 heavy (non-hydrogen) atoms. The van der Waals surface area contributed by atoms with Gasteiger partial charge in [0.25, 0.3) is 0 Å². The lowest BCUT2D eigenvalue weighted by Gasteiger charge is -2.34. The molecule has 0 bridgehead atoms. The first-order valence-electron chi connectivity index (χ1n) is 7.20. The van der Waals surface area contributed by atoms with Crippen molar-refractivity contribution in [1.29, 1.82) is 0 Å². The molecule has 1 saturated heterocycles. The molecule has 0 saturated carbocycles. The molecule has 2 rings (SSSR count). The third kappa shape index (κ3) is 3.52. The largest absolute Gasteiger partial charge is 0.351 e. The van der Waals surface area contributed by atoms with Crippen molar-refractivity contribution in [3.05, 3.63) is 33.8 Å². The van der Waals surface area contributed by atoms with Crippen LogP contribution in [0.15, 0.2) is 22.7 Å². The minimum absolute atomic E-state index is 0.316. The van der Waals surface area contributed by atoms with E-state index in [0.29, 0.717) is 32.5 Å². The summed E-state index contributed by atoms with van der Waals surface area (Å²) >= 11 is 3.40. The summed E-state index contributed by atoms with van der Waals surface area (Å²) in [5.41, 5.74) is 2.03. The molecule has 0 radical (unpaired) electrons. The quantitative estimate of drug-likeness (QED) is 0.819. The van der Waals surface area contributed by atoms with Crippen LogP contribution in [0.25, 0.3) is 0 Å². The number of piperidine rings is 1. The highest BCUT2D eigenvalue weighted by Gasteiger charge is 2.48. The zero-order valence-electron chi connectivity index (χ0n) is 12.8. The van der Waals surface area contributed by atoms with Gasteiger partial charge in [0.1, 0.15) is 0 Å². The van der Waals surface area contributed by atoms with Crippen LogP contribution in [0.1, 0.15) is 24.0 Å². The Labute approximate surface area is 139 Å². The van der Waals surface area contributed by atoms with E-state index in [-0.39, 0.29) is 5.91 Å². The van der Waals surface area contributed by atoms with Crippen LogP contribution in [-0.4, -0.2) is 38.4 Å². The van der Waals surface area contributed by atoms with Gasteiger partial charge in [0.05, 0.1) is 0 Å². The Morgan fingerprint density at radius 1 is 1.36 bits per heavy atom. The number of nitrogens with one attached hydrogen (secondary N) is 2. The van der Waals surface area contributed by atoms with Gasteiger partial charge >= 0.3 is 0 Å². The highest BCUT2D eigenvalue weighted by Crippen LogP contribution is 2.28. The van der Waals surface area contributed by atoms with E-state index in [1.807, 2.05) is 25.1 Å². The SMILES string of the molecule is Cc1cc(Br)ccc1CNC(=O)C1(S(C)(=O)=O)CCNCC1. The molecule has 0 aromatic heterocycles. The van der Waals surface area contributed by atoms with Crippen molar-refractivity contribution in [2.24, 2.45) is 0 Å². The van der Waals surface area contributed by atoms with Gasteiger partial charge in [-0.15, -0.1) is 0 Å². The van der Waals surface area contributed by atoms with E-state index in [1.54, 1.807) is 0 Å². The molecule has 1 heterocycles. The molecule has 1 aliphatic heterocycles. The fourth-order valence-corrected chi connectivity index (χ4v) is 4.62. The predicted octanol–water partition coefficient (Wildman–Crippen LogP) is 1.54. The Morgan fingerprint density at radius 3 is 2.55 bits per heavy atom. The molecule has 1 aromatic carbocycles. The van der Waals surface area contributed by atoms with Crippen molar-refractivity contribution in [2.75, 3.05) is 19.3 Å². The lowest BCUT2D eigenvalue weighted by atomic mass is 9.95. The fraction of sp³-hybridized carbons (Fsp3) is 0.533. The van der Waals surface area contributed by atoms with Crippen LogP contribution in [-0.2, 0) is 21.2 Å². The minimum Gasteiger partial charge on any atom is -0.351 e. The number of hydrogen-bond donors (Lipinski definition) is 2. The lowest BCUT2D eigenvalue weighted by molar-refractivity contribution is -0.124. The molecule has 0 atom stereocenters. The van der Waals surface area contributed by atoms with E-state index in [9.17, 15) is 13.2 Å². The number of rotatable bonds is 4. The average molecular weight is 389 g/mol. The van der Waals surface area contributed by atoms with Crippen LogP contribution in [0, 0.1) is 6.92 Å². The monoisotopic (exact) mass is 388 g/mol. The maximum absolute atomic E-state index is 12.6. The minimum atomic E-state index is -3.47. The van der Waals surface area contributed by atoms with Gasteiger partial charge in [-0.2, -0.15) is 0 Å². The Hall–Kier alpha value is -0.920. The Morgan fingerprint density at radius 2 is 2.00 bits per heavy atom. The van der Waals surface area contributed by atoms with Crippen LogP contribution < -0.4 is 10.6 Å². The second-order valence-electron chi connectivity index (χ2n) is 5.77. The second kappa shape index (κ2) is 6.68. The van der Waals surface area contributed by atoms with Crippen LogP contribution in [0.4, 0.5) is 0 Å². The van der Waals surface area contributed by atoms with Crippen LogP contribution in [0.5, 0.6) is 0 Å². The summed E-state index contributed by atoms with van der Waals surface area (Å²) in [6.45, 7) is 3.38. The van der Waals surface area contributed by atoms with Crippen molar-refractivity contribution in [3.63, 3.8) is 0 Å². The Balaban J connectivity index is 2.15. The van der Waals surface area contributed by atoms with Gasteiger partial charge < -0.3 is 10.6 Å². The molecule has 1 fully saturated rings. The van der Waals surface area contributed by atoms with Gasteiger partial charge in [-0.25, -0.2) is 8.42 Å². The molecule has 0 aliphatic carbocycles. The van der Waals surface area contributed by atoms with E-state index in [4.69, 9.17) is 0 Å². The summed E-state index contributed by atoms with van der Waals surface area (Å²) in [5.74, 6) is -0.390. The highest BCUT2D eigenvalue weighted by atomic mass is 79.9. The predicted molar refractivity (Wildman–Crippen MR) is 90.4 cm³/mol. The normalized spacial score (nSPS) is 18.0. The van der Waals surface area contributed by atoms with Crippen molar-refractivity contribution in [1.82, 2.24) is 10.6 Å². The third-order valence-electron chi connectivity index (χ3n) is 4.28. The molecule has 0 spiro atoms. The van der Waals surface area contributed by atoms with Crippen LogP contribution >= 0.6 is 15.9 Å². The average Bonchev–Trinajstić information content (AvgIpc) is 2.45. The second-order valence-corrected chi connectivity index (χ2v) is 9.01. The summed E-state index contributed by atoms with van der Waals surface area (Å²) in [7, 11) is -3.47. The Bertz CT molecular complexity index is 667. The molecule has 1 aromatic rings. The highest BCUT2D eigenvalue weighted by molar-refractivity contribution is 9.10. The molecule has 122 valence electrons. The summed E-state index contributed by atoms with van der Waals surface area (Å²) in [5, 5.41) is 5.92. The van der Waals surface area contributed by atoms with E-state index < -0.39 is 14.6 Å². The molecular weight excluding hydrogens is 368 g/mol. The zero-order chi connectivity index (χ0) is 16.4. The zero-order valence-corrected chi connectivity index (χ0v) is 15.2. The first-order chi connectivity index (χ1) is 10.3. The van der Waals surface area contributed by atoms with Crippen LogP contribution in [0.2, 0.25) is 0 Å². The molecule has 1 aliphatic rings. The Kier molecular flexibility index (Phi) is 5.29. The summed E-state index contributed by atoms with van der Waals surface area (Å²) in [6, 6.07) is 5.80. The summed E-state index contributed by atoms with van der Waals surface area (Å²) in [4.78, 5) is 12.6. The number of halogens is 1. The molecule has 1 amide bonds. The molecule has 7 heteroatoms. The third-order valence-corrected chi connectivity index (χ3v) is 6.79. The van der Waals surface area contributed by atoms with E-state index >= 15 is 0 Å². The van der Waals surface area contributed by atoms with E-state index in [2.05, 4.69) is 26.6 Å². The first kappa shape index (κ1) is 17.4.